The summed E-state index contributed by atoms with van der Waals surface area (Å²) in [7, 11) is -0.0556. The first kappa shape index (κ1) is 12.9. The topological polar surface area (TPSA) is 24.1 Å². The zero-order valence-corrected chi connectivity index (χ0v) is 10.5. The van der Waals surface area contributed by atoms with E-state index in [0.717, 1.165) is 13.1 Å². The van der Waals surface area contributed by atoms with Crippen molar-refractivity contribution in [2.24, 2.45) is 0 Å². The molecule has 0 radical (unpaired) electrons. The monoisotopic (exact) mass is 200 g/mol. The molecular formula is C10H24N2Si. The Balaban J connectivity index is 3.52. The highest BCUT2D eigenvalue weighted by atomic mass is 28.2. The van der Waals surface area contributed by atoms with Crippen LogP contribution in [0, 0.1) is 0 Å². The highest BCUT2D eigenvalue weighted by Crippen LogP contribution is 1.86. The molecule has 0 amide bonds. The lowest BCUT2D eigenvalue weighted by molar-refractivity contribution is 0.525. The van der Waals surface area contributed by atoms with Gasteiger partial charge in [-0.2, -0.15) is 0 Å². The van der Waals surface area contributed by atoms with Gasteiger partial charge in [0.1, 0.15) is 0 Å². The minimum atomic E-state index is -0.0556. The fourth-order valence-corrected chi connectivity index (χ4v) is 2.58. The fraction of sp³-hybridized carbons (Fsp3) is 0.800. The van der Waals surface area contributed by atoms with Gasteiger partial charge in [-0.1, -0.05) is 19.9 Å². The highest BCUT2D eigenvalue weighted by molar-refractivity contribution is 6.38. The molecule has 0 fully saturated rings. The van der Waals surface area contributed by atoms with Crippen LogP contribution in [0.15, 0.2) is 12.7 Å². The molecule has 0 bridgehead atoms. The summed E-state index contributed by atoms with van der Waals surface area (Å²) in [6.45, 7) is 10.4. The zero-order valence-electron chi connectivity index (χ0n) is 9.10. The average molecular weight is 200 g/mol. The molecule has 0 aliphatic heterocycles. The summed E-state index contributed by atoms with van der Waals surface area (Å²) in [5.74, 6) is 0.609. The first-order valence-electron chi connectivity index (χ1n) is 5.42. The average Bonchev–Trinajstić information content (AvgIpc) is 2.17. The van der Waals surface area contributed by atoms with Crippen LogP contribution in [0.4, 0.5) is 0 Å². The molecule has 0 aromatic rings. The molecule has 0 saturated heterocycles. The summed E-state index contributed by atoms with van der Waals surface area (Å²) in [5.41, 5.74) is 0. The Morgan fingerprint density at radius 3 is 2.15 bits per heavy atom. The van der Waals surface area contributed by atoms with Crippen molar-refractivity contribution in [3.05, 3.63) is 12.7 Å². The second-order valence-electron chi connectivity index (χ2n) is 3.33. The van der Waals surface area contributed by atoms with Crippen molar-refractivity contribution in [2.45, 2.75) is 38.5 Å². The quantitative estimate of drug-likeness (QED) is 0.330. The van der Waals surface area contributed by atoms with E-state index in [4.69, 9.17) is 0 Å². The normalized spacial score (nSPS) is 11.6. The van der Waals surface area contributed by atoms with Gasteiger partial charge in [-0.25, -0.2) is 0 Å². The summed E-state index contributed by atoms with van der Waals surface area (Å²) >= 11 is 0. The smallest absolute Gasteiger partial charge is 0.0623 e. The van der Waals surface area contributed by atoms with Gasteiger partial charge in [0.05, 0.1) is 9.52 Å². The maximum atomic E-state index is 3.77. The highest BCUT2D eigenvalue weighted by Gasteiger charge is 2.04. The van der Waals surface area contributed by atoms with Gasteiger partial charge in [-0.15, -0.1) is 6.58 Å². The van der Waals surface area contributed by atoms with E-state index < -0.39 is 0 Å². The maximum Gasteiger partial charge on any atom is 0.0623 e. The molecular weight excluding hydrogens is 176 g/mol. The minimum Gasteiger partial charge on any atom is -0.305 e. The van der Waals surface area contributed by atoms with E-state index in [1.807, 2.05) is 6.08 Å². The van der Waals surface area contributed by atoms with Crippen molar-refractivity contribution < 1.29 is 0 Å². The van der Waals surface area contributed by atoms with Gasteiger partial charge in [-0.3, -0.25) is 0 Å². The lowest BCUT2D eigenvalue weighted by Gasteiger charge is -2.18. The Morgan fingerprint density at radius 2 is 1.77 bits per heavy atom. The van der Waals surface area contributed by atoms with Crippen LogP contribution < -0.4 is 10.6 Å². The predicted molar refractivity (Wildman–Crippen MR) is 63.9 cm³/mol. The van der Waals surface area contributed by atoms with Crippen LogP contribution in [0.25, 0.3) is 0 Å². The minimum absolute atomic E-state index is 0.0556. The molecule has 78 valence electrons. The Morgan fingerprint density at radius 1 is 1.23 bits per heavy atom. The molecule has 0 spiro atoms. The van der Waals surface area contributed by atoms with Crippen LogP contribution in [-0.4, -0.2) is 28.4 Å². The maximum absolute atomic E-state index is 3.77. The lowest BCUT2D eigenvalue weighted by atomic mass is 10.5. The summed E-state index contributed by atoms with van der Waals surface area (Å²) in [6, 6.07) is 1.22. The van der Waals surface area contributed by atoms with Crippen LogP contribution in [0.2, 0.25) is 6.04 Å². The van der Waals surface area contributed by atoms with Gasteiger partial charge in [-0.05, 0) is 32.0 Å². The number of nitrogens with one attached hydrogen (secondary N) is 2. The summed E-state index contributed by atoms with van der Waals surface area (Å²) in [6.07, 6.45) is 4.47. The van der Waals surface area contributed by atoms with Gasteiger partial charge in [0, 0.05) is 5.79 Å². The van der Waals surface area contributed by atoms with E-state index in [-0.39, 0.29) is 9.52 Å². The molecule has 0 rings (SSSR count). The Hall–Kier alpha value is -0.123. The third kappa shape index (κ3) is 8.21. The molecule has 0 unspecified atom stereocenters. The third-order valence-electron chi connectivity index (χ3n) is 1.94. The standard InChI is InChI=1S/C10H24N2Si/c1-4-7-11-10(12-8-5-2)13-9-6-3/h6,10-12H,3-5,7-9,13H2,1-2H3. The number of allylic oxidation sites excluding steroid dienone is 1. The molecule has 0 aliphatic carbocycles. The molecule has 2 nitrogen and oxygen atoms in total. The van der Waals surface area contributed by atoms with Gasteiger partial charge in [0.15, 0.2) is 0 Å². The van der Waals surface area contributed by atoms with Crippen LogP contribution >= 0.6 is 0 Å². The SMILES string of the molecule is C=CC[SiH2]C(NCCC)NCCC. The zero-order chi connectivity index (χ0) is 9.94. The second kappa shape index (κ2) is 9.96. The largest absolute Gasteiger partial charge is 0.305 e. The Kier molecular flexibility index (Phi) is 9.87. The summed E-state index contributed by atoms with van der Waals surface area (Å²) in [5, 5.41) is 7.08. The van der Waals surface area contributed by atoms with Crippen molar-refractivity contribution in [1.29, 1.82) is 0 Å². The van der Waals surface area contributed by atoms with E-state index >= 15 is 0 Å². The predicted octanol–water partition coefficient (Wildman–Crippen LogP) is 1.04. The fourth-order valence-electron chi connectivity index (χ4n) is 1.20. The van der Waals surface area contributed by atoms with E-state index in [1.54, 1.807) is 0 Å². The molecule has 0 aliphatic rings. The number of hydrogen-bond acceptors (Lipinski definition) is 2. The number of rotatable bonds is 9. The van der Waals surface area contributed by atoms with Crippen LogP contribution in [0.1, 0.15) is 26.7 Å². The Bertz CT molecular complexity index is 109. The van der Waals surface area contributed by atoms with Crippen LogP contribution in [-0.2, 0) is 0 Å². The molecule has 2 N–H and O–H groups in total. The van der Waals surface area contributed by atoms with Gasteiger partial charge < -0.3 is 10.6 Å². The van der Waals surface area contributed by atoms with Crippen molar-refractivity contribution >= 4 is 9.52 Å². The van der Waals surface area contributed by atoms with E-state index in [9.17, 15) is 0 Å². The van der Waals surface area contributed by atoms with Crippen molar-refractivity contribution in [1.82, 2.24) is 10.6 Å². The van der Waals surface area contributed by atoms with Crippen LogP contribution in [0.3, 0.4) is 0 Å². The first-order valence-corrected chi connectivity index (χ1v) is 7.24. The molecule has 0 saturated carbocycles. The second-order valence-corrected chi connectivity index (χ2v) is 5.30. The molecule has 0 aromatic heterocycles. The Labute approximate surface area is 85.0 Å². The van der Waals surface area contributed by atoms with Crippen molar-refractivity contribution in [3.63, 3.8) is 0 Å². The lowest BCUT2D eigenvalue weighted by Crippen LogP contribution is -2.47. The van der Waals surface area contributed by atoms with Gasteiger partial charge in [0.25, 0.3) is 0 Å². The molecule has 3 heteroatoms. The molecule has 13 heavy (non-hydrogen) atoms. The summed E-state index contributed by atoms with van der Waals surface area (Å²) in [4.78, 5) is 0. The first-order chi connectivity index (χ1) is 6.35. The van der Waals surface area contributed by atoms with Gasteiger partial charge >= 0.3 is 0 Å². The van der Waals surface area contributed by atoms with E-state index in [1.165, 1.54) is 18.9 Å². The van der Waals surface area contributed by atoms with E-state index in [2.05, 4.69) is 31.1 Å². The number of hydrogen-bond donors (Lipinski definition) is 2. The third-order valence-corrected chi connectivity index (χ3v) is 3.84. The van der Waals surface area contributed by atoms with E-state index in [0.29, 0.717) is 5.79 Å². The van der Waals surface area contributed by atoms with Crippen molar-refractivity contribution in [3.8, 4) is 0 Å². The van der Waals surface area contributed by atoms with Gasteiger partial charge in [0.2, 0.25) is 0 Å². The molecule has 0 heterocycles. The summed E-state index contributed by atoms with van der Waals surface area (Å²) < 4.78 is 0. The van der Waals surface area contributed by atoms with Crippen LogP contribution in [0.5, 0.6) is 0 Å². The van der Waals surface area contributed by atoms with Crippen molar-refractivity contribution in [2.75, 3.05) is 13.1 Å². The molecule has 0 atom stereocenters. The molecule has 0 aromatic carbocycles.